The highest BCUT2D eigenvalue weighted by atomic mass is 16.5. The van der Waals surface area contributed by atoms with Crippen LogP contribution < -0.4 is 4.74 Å². The van der Waals surface area contributed by atoms with Crippen LogP contribution in [0.1, 0.15) is 30.7 Å². The molecular formula is C26H34N4O12. The van der Waals surface area contributed by atoms with Crippen molar-refractivity contribution in [3.63, 3.8) is 0 Å². The number of aliphatic hydroxyl groups is 2. The summed E-state index contributed by atoms with van der Waals surface area (Å²) < 4.78 is 11.5. The summed E-state index contributed by atoms with van der Waals surface area (Å²) in [5, 5.41) is 48.2. The van der Waals surface area contributed by atoms with Crippen LogP contribution in [-0.4, -0.2) is 133 Å². The minimum atomic E-state index is -1.98. The monoisotopic (exact) mass is 594 g/mol. The second-order valence-corrected chi connectivity index (χ2v) is 9.73. The molecule has 2 atom stereocenters. The molecule has 2 aliphatic rings. The standard InChI is InChI=1S/C26H34N4O12/c31-21-2-3-22(32)30(21)4-1-7-42-18-10-16-14-28(19(25(37)38)12-23(33)34)5-8-41-9-6-29(15-17(11-18)27-16)20(26(39)40)13-24(35)36/h2-3,10-11,19-20,25,37-38H,1,4-9,12-15H2,(H,33,34)(H,35,36)(H,39,40). The highest BCUT2D eigenvalue weighted by Gasteiger charge is 2.31. The molecule has 2 unspecified atom stereocenters. The van der Waals surface area contributed by atoms with Gasteiger partial charge < -0.3 is 35.0 Å². The Labute approximate surface area is 240 Å². The number of hydrogen-bond donors (Lipinski definition) is 5. The maximum absolute atomic E-state index is 12.0. The Bertz CT molecular complexity index is 1170. The van der Waals surface area contributed by atoms with Crippen molar-refractivity contribution in [2.45, 2.75) is 50.7 Å². The predicted octanol–water partition coefficient (Wildman–Crippen LogP) is -1.51. The Morgan fingerprint density at radius 2 is 1.48 bits per heavy atom. The molecule has 0 aromatic carbocycles. The van der Waals surface area contributed by atoms with Gasteiger partial charge in [0.05, 0.1) is 50.1 Å². The van der Waals surface area contributed by atoms with Crippen LogP contribution in [0.4, 0.5) is 0 Å². The van der Waals surface area contributed by atoms with Crippen LogP contribution in [0.5, 0.6) is 5.75 Å². The van der Waals surface area contributed by atoms with Gasteiger partial charge in [-0.1, -0.05) is 0 Å². The number of amides is 2. The summed E-state index contributed by atoms with van der Waals surface area (Å²) in [7, 11) is 0. The highest BCUT2D eigenvalue weighted by molar-refractivity contribution is 6.12. The number of imide groups is 1. The number of hydrogen-bond acceptors (Lipinski definition) is 12. The van der Waals surface area contributed by atoms with Crippen molar-refractivity contribution >= 4 is 29.7 Å². The van der Waals surface area contributed by atoms with Crippen molar-refractivity contribution in [2.75, 3.05) is 39.5 Å². The summed E-state index contributed by atoms with van der Waals surface area (Å²) >= 11 is 0. The smallest absolute Gasteiger partial charge is 0.321 e. The van der Waals surface area contributed by atoms with Crippen molar-refractivity contribution in [3.8, 4) is 5.75 Å². The van der Waals surface area contributed by atoms with Crippen molar-refractivity contribution in [1.29, 1.82) is 0 Å². The molecule has 0 fully saturated rings. The fourth-order valence-electron chi connectivity index (χ4n) is 4.66. The Hall–Kier alpha value is -3.96. The number of carboxylic acid groups (broad SMARTS) is 3. The fourth-order valence-corrected chi connectivity index (χ4v) is 4.66. The lowest BCUT2D eigenvalue weighted by molar-refractivity contribution is -0.150. The van der Waals surface area contributed by atoms with E-state index in [1.54, 1.807) is 6.07 Å². The van der Waals surface area contributed by atoms with Crippen molar-refractivity contribution < 1.29 is 59.0 Å². The summed E-state index contributed by atoms with van der Waals surface area (Å²) in [6, 6.07) is 0.510. The van der Waals surface area contributed by atoms with Gasteiger partial charge in [-0.2, -0.15) is 0 Å². The predicted molar refractivity (Wildman–Crippen MR) is 140 cm³/mol. The molecule has 2 amide bonds. The van der Waals surface area contributed by atoms with E-state index in [2.05, 4.69) is 4.98 Å². The highest BCUT2D eigenvalue weighted by Crippen LogP contribution is 2.22. The first-order valence-corrected chi connectivity index (χ1v) is 13.2. The van der Waals surface area contributed by atoms with Crippen molar-refractivity contribution in [2.24, 2.45) is 0 Å². The van der Waals surface area contributed by atoms with Gasteiger partial charge in [0.25, 0.3) is 11.8 Å². The van der Waals surface area contributed by atoms with E-state index in [4.69, 9.17) is 9.47 Å². The lowest BCUT2D eigenvalue weighted by atomic mass is 10.1. The molecule has 5 N–H and O–H groups in total. The number of ether oxygens (including phenoxy) is 2. The first-order chi connectivity index (χ1) is 19.9. The lowest BCUT2D eigenvalue weighted by Gasteiger charge is -2.33. The van der Waals surface area contributed by atoms with Crippen LogP contribution in [0.3, 0.4) is 0 Å². The number of pyridine rings is 1. The van der Waals surface area contributed by atoms with Gasteiger partial charge in [-0.05, 0) is 6.42 Å². The Balaban J connectivity index is 1.88. The molecule has 0 saturated heterocycles. The molecule has 1 aromatic rings. The molecule has 3 rings (SSSR count). The molecule has 1 aromatic heterocycles. The van der Waals surface area contributed by atoms with Gasteiger partial charge in [-0.15, -0.1) is 0 Å². The van der Waals surface area contributed by atoms with E-state index in [0.29, 0.717) is 23.6 Å². The molecule has 2 aliphatic heterocycles. The van der Waals surface area contributed by atoms with Gasteiger partial charge >= 0.3 is 17.9 Å². The van der Waals surface area contributed by atoms with Crippen LogP contribution in [0, 0.1) is 0 Å². The molecule has 16 heteroatoms. The Kier molecular flexibility index (Phi) is 11.9. The second kappa shape index (κ2) is 15.3. The number of carbonyl (C=O) groups is 5. The van der Waals surface area contributed by atoms with E-state index in [9.17, 15) is 49.5 Å². The zero-order valence-electron chi connectivity index (χ0n) is 22.7. The van der Waals surface area contributed by atoms with Crippen LogP contribution in [0.2, 0.25) is 0 Å². The minimum Gasteiger partial charge on any atom is -0.493 e. The quantitative estimate of drug-likeness (QED) is 0.0993. The third-order valence-corrected chi connectivity index (χ3v) is 6.67. The molecule has 16 nitrogen and oxygen atoms in total. The van der Waals surface area contributed by atoms with E-state index in [-0.39, 0.29) is 52.5 Å². The molecule has 0 saturated carbocycles. The van der Waals surface area contributed by atoms with Gasteiger partial charge in [0.2, 0.25) is 0 Å². The maximum Gasteiger partial charge on any atom is 0.321 e. The number of rotatable bonds is 13. The third kappa shape index (κ3) is 9.56. The minimum absolute atomic E-state index is 0.00829. The van der Waals surface area contributed by atoms with Gasteiger partial charge in [0.15, 0.2) is 6.29 Å². The summed E-state index contributed by atoms with van der Waals surface area (Å²) in [6.45, 7) is 0.200. The Morgan fingerprint density at radius 1 is 0.905 bits per heavy atom. The van der Waals surface area contributed by atoms with E-state index in [1.807, 2.05) is 0 Å². The van der Waals surface area contributed by atoms with Crippen LogP contribution in [0.25, 0.3) is 0 Å². The summed E-state index contributed by atoms with van der Waals surface area (Å²) in [6.07, 6.45) is -0.567. The molecule has 42 heavy (non-hydrogen) atoms. The van der Waals surface area contributed by atoms with Crippen LogP contribution in [-0.2, 0) is 41.8 Å². The largest absolute Gasteiger partial charge is 0.493 e. The molecular weight excluding hydrogens is 560 g/mol. The van der Waals surface area contributed by atoms with E-state index < -0.39 is 60.9 Å². The summed E-state index contributed by atoms with van der Waals surface area (Å²) in [4.78, 5) is 66.8. The topological polar surface area (TPSA) is 228 Å². The van der Waals surface area contributed by atoms with Gasteiger partial charge in [0.1, 0.15) is 11.8 Å². The summed E-state index contributed by atoms with van der Waals surface area (Å²) in [5.41, 5.74) is 0.645. The zero-order chi connectivity index (χ0) is 30.8. The average molecular weight is 595 g/mol. The fraction of sp³-hybridized carbons (Fsp3) is 0.538. The van der Waals surface area contributed by atoms with Crippen molar-refractivity contribution in [3.05, 3.63) is 35.7 Å². The first kappa shape index (κ1) is 32.6. The molecule has 2 bridgehead atoms. The van der Waals surface area contributed by atoms with Crippen LogP contribution in [0.15, 0.2) is 24.3 Å². The number of aliphatic carboxylic acids is 3. The van der Waals surface area contributed by atoms with Crippen molar-refractivity contribution in [1.82, 2.24) is 19.7 Å². The molecule has 3 heterocycles. The van der Waals surface area contributed by atoms with Gasteiger partial charge in [0, 0.05) is 57.0 Å². The first-order valence-electron chi connectivity index (χ1n) is 13.2. The zero-order valence-corrected chi connectivity index (χ0v) is 22.7. The SMILES string of the molecule is O=C(O)CC(C(=O)O)N1CCOCCN(C(CC(=O)O)C(O)O)Cc2cc(OCCCN3C(=O)C=CC3=O)cc(n2)C1. The number of aromatic nitrogens is 1. The Morgan fingerprint density at radius 3 is 2.02 bits per heavy atom. The number of fused-ring (bicyclic) bond motifs is 2. The lowest BCUT2D eigenvalue weighted by Crippen LogP contribution is -2.47. The van der Waals surface area contributed by atoms with E-state index >= 15 is 0 Å². The molecule has 0 aliphatic carbocycles. The number of carbonyl (C=O) groups excluding carboxylic acids is 2. The van der Waals surface area contributed by atoms with E-state index in [0.717, 1.165) is 4.90 Å². The molecule has 230 valence electrons. The van der Waals surface area contributed by atoms with E-state index in [1.165, 1.54) is 28.0 Å². The third-order valence-electron chi connectivity index (χ3n) is 6.67. The normalized spacial score (nSPS) is 18.4. The average Bonchev–Trinajstić information content (AvgIpc) is 3.22. The number of carboxylic acids is 3. The number of aliphatic hydroxyl groups excluding tert-OH is 1. The van der Waals surface area contributed by atoms with Gasteiger partial charge in [-0.3, -0.25) is 43.7 Å². The maximum atomic E-state index is 12.0. The molecule has 0 spiro atoms. The van der Waals surface area contributed by atoms with Crippen LogP contribution >= 0.6 is 0 Å². The summed E-state index contributed by atoms with van der Waals surface area (Å²) in [5.74, 6) is -4.43. The number of nitrogens with zero attached hydrogens (tertiary/aromatic N) is 4. The molecule has 0 radical (unpaired) electrons. The second-order valence-electron chi connectivity index (χ2n) is 9.73. The van der Waals surface area contributed by atoms with Gasteiger partial charge in [-0.25, -0.2) is 0 Å².